The molecule has 5 rings (SSSR count). The van der Waals surface area contributed by atoms with E-state index in [4.69, 9.17) is 0 Å². The van der Waals surface area contributed by atoms with Gasteiger partial charge in [-0.25, -0.2) is 9.97 Å². The molecule has 0 saturated carbocycles. The van der Waals surface area contributed by atoms with Crippen LogP contribution in [-0.2, 0) is 20.1 Å². The van der Waals surface area contributed by atoms with Crippen LogP contribution in [0.1, 0.15) is 0 Å². The maximum absolute atomic E-state index is 4.36. The summed E-state index contributed by atoms with van der Waals surface area (Å²) in [6.07, 6.45) is 6.85. The summed E-state index contributed by atoms with van der Waals surface area (Å²) in [6, 6.07) is 33.6. The van der Waals surface area contributed by atoms with Gasteiger partial charge < -0.3 is 9.97 Å². The van der Waals surface area contributed by atoms with Gasteiger partial charge in [0.05, 0.1) is 5.69 Å². The minimum atomic E-state index is 0. The van der Waals surface area contributed by atoms with E-state index < -0.39 is 0 Å². The van der Waals surface area contributed by atoms with Crippen LogP contribution in [0.15, 0.2) is 110 Å². The molecule has 31 heavy (non-hydrogen) atoms. The molecule has 0 spiro atoms. The normalized spacial score (nSPS) is 9.68. The predicted octanol–water partition coefficient (Wildman–Crippen LogP) is 5.55. The van der Waals surface area contributed by atoms with Gasteiger partial charge in [0.2, 0.25) is 0 Å². The number of hydrogen-bond donors (Lipinski definition) is 0. The minimum Gasteiger partial charge on any atom is -0.305 e. The molecule has 0 bridgehead atoms. The number of pyridine rings is 2. The largest absolute Gasteiger partial charge is 0.305 e. The summed E-state index contributed by atoms with van der Waals surface area (Å²) in [5, 5.41) is 0. The maximum atomic E-state index is 4.36. The third kappa shape index (κ3) is 6.22. The molecule has 0 saturated heterocycles. The molecule has 4 nitrogen and oxygen atoms in total. The fourth-order valence-corrected chi connectivity index (χ4v) is 2.83. The molecule has 0 aliphatic heterocycles. The van der Waals surface area contributed by atoms with Crippen LogP contribution in [0, 0.1) is 12.1 Å². The van der Waals surface area contributed by atoms with Crippen LogP contribution in [0.3, 0.4) is 0 Å². The number of hydrogen-bond acceptors (Lipinski definition) is 4. The molecule has 0 aliphatic rings. The van der Waals surface area contributed by atoms with Crippen molar-refractivity contribution in [2.45, 2.75) is 0 Å². The van der Waals surface area contributed by atoms with Gasteiger partial charge in [0.15, 0.2) is 0 Å². The van der Waals surface area contributed by atoms with Crippen LogP contribution in [-0.4, -0.2) is 19.9 Å². The van der Waals surface area contributed by atoms with E-state index in [0.717, 1.165) is 33.8 Å². The second kappa shape index (κ2) is 11.6. The van der Waals surface area contributed by atoms with Crippen molar-refractivity contribution in [2.24, 2.45) is 0 Å². The zero-order valence-electron chi connectivity index (χ0n) is 16.5. The maximum Gasteiger partial charge on any atom is 0.116 e. The van der Waals surface area contributed by atoms with Crippen molar-refractivity contribution in [3.63, 3.8) is 0 Å². The molecule has 3 aromatic heterocycles. The molecule has 0 aliphatic carbocycles. The molecule has 0 amide bonds. The molecule has 5 aromatic rings. The van der Waals surface area contributed by atoms with E-state index in [1.54, 1.807) is 24.9 Å². The summed E-state index contributed by atoms with van der Waals surface area (Å²) in [7, 11) is 0. The molecule has 3 heterocycles. The quantitative estimate of drug-likeness (QED) is 0.264. The third-order valence-electron chi connectivity index (χ3n) is 4.27. The van der Waals surface area contributed by atoms with Crippen LogP contribution in [0.25, 0.3) is 33.8 Å². The Morgan fingerprint density at radius 2 is 1.26 bits per heavy atom. The Balaban J connectivity index is 0.000000183. The number of rotatable bonds is 3. The molecule has 1 radical (unpaired) electrons. The summed E-state index contributed by atoms with van der Waals surface area (Å²) in [5.74, 6) is 0. The van der Waals surface area contributed by atoms with Crippen molar-refractivity contribution in [3.8, 4) is 33.8 Å². The Bertz CT molecular complexity index is 1080. The number of benzene rings is 2. The van der Waals surface area contributed by atoms with Gasteiger partial charge in [-0.3, -0.25) is 0 Å². The summed E-state index contributed by atoms with van der Waals surface area (Å²) < 4.78 is 0. The zero-order valence-corrected chi connectivity index (χ0v) is 18.9. The van der Waals surface area contributed by atoms with Gasteiger partial charge in [0, 0.05) is 38.7 Å². The van der Waals surface area contributed by atoms with Crippen molar-refractivity contribution in [3.05, 3.63) is 122 Å². The first-order valence-electron chi connectivity index (χ1n) is 9.48. The van der Waals surface area contributed by atoms with E-state index in [2.05, 4.69) is 32.1 Å². The van der Waals surface area contributed by atoms with E-state index in [-0.39, 0.29) is 20.1 Å². The van der Waals surface area contributed by atoms with Crippen molar-refractivity contribution < 1.29 is 20.1 Å². The first-order chi connectivity index (χ1) is 14.9. The van der Waals surface area contributed by atoms with Crippen molar-refractivity contribution in [2.75, 3.05) is 0 Å². The average Bonchev–Trinajstić information content (AvgIpc) is 2.87. The molecule has 2 aromatic carbocycles. The molecule has 153 valence electrons. The second-order valence-electron chi connectivity index (χ2n) is 6.29. The molecule has 0 unspecified atom stereocenters. The molecule has 0 atom stereocenters. The van der Waals surface area contributed by atoms with Crippen LogP contribution >= 0.6 is 0 Å². The van der Waals surface area contributed by atoms with Gasteiger partial charge in [-0.15, -0.1) is 71.8 Å². The monoisotopic (exact) mass is 579 g/mol. The Labute approximate surface area is 195 Å². The zero-order chi connectivity index (χ0) is 20.4. The molecule has 5 heteroatoms. The van der Waals surface area contributed by atoms with Gasteiger partial charge in [-0.2, -0.15) is 0 Å². The van der Waals surface area contributed by atoms with E-state index in [0.29, 0.717) is 0 Å². The molecular formula is C26H18IrN4-2. The first kappa shape index (κ1) is 22.2. The van der Waals surface area contributed by atoms with E-state index in [9.17, 15) is 0 Å². The summed E-state index contributed by atoms with van der Waals surface area (Å²) in [5.41, 5.74) is 5.81. The van der Waals surface area contributed by atoms with Crippen molar-refractivity contribution >= 4 is 0 Å². The Kier molecular flexibility index (Phi) is 8.29. The van der Waals surface area contributed by atoms with E-state index in [1.165, 1.54) is 0 Å². The van der Waals surface area contributed by atoms with Gasteiger partial charge in [-0.05, 0) is 35.2 Å². The summed E-state index contributed by atoms with van der Waals surface area (Å²) >= 11 is 0. The Morgan fingerprint density at radius 3 is 1.87 bits per heavy atom. The Morgan fingerprint density at radius 1 is 0.548 bits per heavy atom. The van der Waals surface area contributed by atoms with Crippen LogP contribution in [0.5, 0.6) is 0 Å². The van der Waals surface area contributed by atoms with Gasteiger partial charge in [-0.1, -0.05) is 18.2 Å². The van der Waals surface area contributed by atoms with Gasteiger partial charge in [0.1, 0.15) is 6.33 Å². The van der Waals surface area contributed by atoms with Crippen LogP contribution in [0.2, 0.25) is 0 Å². The predicted molar refractivity (Wildman–Crippen MR) is 118 cm³/mol. The van der Waals surface area contributed by atoms with Crippen LogP contribution in [0.4, 0.5) is 0 Å². The third-order valence-corrected chi connectivity index (χ3v) is 4.27. The molecule has 0 fully saturated rings. The van der Waals surface area contributed by atoms with Crippen molar-refractivity contribution in [1.29, 1.82) is 0 Å². The fourth-order valence-electron chi connectivity index (χ4n) is 2.83. The van der Waals surface area contributed by atoms with E-state index in [1.807, 2.05) is 84.9 Å². The van der Waals surface area contributed by atoms with Gasteiger partial charge in [0.25, 0.3) is 0 Å². The second-order valence-corrected chi connectivity index (χ2v) is 6.29. The Hall–Kier alpha value is -3.53. The minimum absolute atomic E-state index is 0. The fraction of sp³-hybridized carbons (Fsp3) is 0. The SMILES string of the molecule is [Ir].[c-]1ccccc1-c1cc(-c2ccncn2)ccn1.[c-]1ccccc1-c1ccccn1. The summed E-state index contributed by atoms with van der Waals surface area (Å²) in [6.45, 7) is 0. The first-order valence-corrected chi connectivity index (χ1v) is 9.48. The van der Waals surface area contributed by atoms with E-state index >= 15 is 0 Å². The smallest absolute Gasteiger partial charge is 0.116 e. The van der Waals surface area contributed by atoms with Gasteiger partial charge >= 0.3 is 0 Å². The number of aromatic nitrogens is 4. The standard InChI is InChI=1S/C15H10N3.C11H8N.Ir/c1-2-4-12(5-3-1)15-10-13(6-9-17-15)14-7-8-16-11-18-14;1-2-6-10(7-3-1)11-8-4-5-9-12-11;/h1-4,6-11H;1-6,8-9H;/q2*-1;. The number of nitrogens with zero attached hydrogens (tertiary/aromatic N) is 4. The molecular weight excluding hydrogens is 561 g/mol. The van der Waals surface area contributed by atoms with Crippen LogP contribution < -0.4 is 0 Å². The summed E-state index contributed by atoms with van der Waals surface area (Å²) in [4.78, 5) is 16.7. The topological polar surface area (TPSA) is 51.6 Å². The molecule has 0 N–H and O–H groups in total. The average molecular weight is 579 g/mol. The van der Waals surface area contributed by atoms with Crippen molar-refractivity contribution in [1.82, 2.24) is 19.9 Å².